The van der Waals surface area contributed by atoms with Crippen molar-refractivity contribution in [2.45, 2.75) is 24.3 Å². The van der Waals surface area contributed by atoms with Crippen molar-refractivity contribution in [1.29, 1.82) is 0 Å². The van der Waals surface area contributed by atoms with Crippen molar-refractivity contribution in [2.75, 3.05) is 7.11 Å². The summed E-state index contributed by atoms with van der Waals surface area (Å²) in [5.74, 6) is 0.333. The Kier molecular flexibility index (Phi) is 6.08. The minimum Gasteiger partial charge on any atom is -0.494 e. The van der Waals surface area contributed by atoms with Crippen molar-refractivity contribution in [2.24, 2.45) is 0 Å². The van der Waals surface area contributed by atoms with Crippen molar-refractivity contribution in [3.63, 3.8) is 0 Å². The predicted octanol–water partition coefficient (Wildman–Crippen LogP) is 4.18. The first-order valence-electron chi connectivity index (χ1n) is 8.06. The summed E-state index contributed by atoms with van der Waals surface area (Å²) in [4.78, 5) is 16.7. The van der Waals surface area contributed by atoms with Gasteiger partial charge in [-0.25, -0.2) is 14.2 Å². The Labute approximate surface area is 159 Å². The van der Waals surface area contributed by atoms with Crippen LogP contribution >= 0.6 is 11.8 Å². The summed E-state index contributed by atoms with van der Waals surface area (Å²) in [6.07, 6.45) is 1.60. The molecule has 0 aliphatic carbocycles. The molecule has 0 bridgehead atoms. The molecule has 0 radical (unpaired) electrons. The van der Waals surface area contributed by atoms with Crippen LogP contribution in [0.1, 0.15) is 27.4 Å². The number of aryl methyl sites for hydroxylation is 1. The van der Waals surface area contributed by atoms with E-state index in [1.807, 2.05) is 13.0 Å². The zero-order valence-electron chi connectivity index (χ0n) is 14.8. The average Bonchev–Trinajstić information content (AvgIpc) is 3.10. The van der Waals surface area contributed by atoms with E-state index in [1.165, 1.54) is 31.0 Å². The number of nitrogens with zero attached hydrogens (tertiary/aromatic N) is 2. The summed E-state index contributed by atoms with van der Waals surface area (Å²) in [7, 11) is 1.39. The number of halogens is 1. The molecule has 6 nitrogen and oxygen atoms in total. The molecule has 27 heavy (non-hydrogen) atoms. The van der Waals surface area contributed by atoms with Crippen LogP contribution in [0.15, 0.2) is 52.1 Å². The van der Waals surface area contributed by atoms with Crippen LogP contribution in [0.2, 0.25) is 0 Å². The van der Waals surface area contributed by atoms with Crippen LogP contribution in [0, 0.1) is 12.7 Å². The number of rotatable bonds is 7. The van der Waals surface area contributed by atoms with Crippen molar-refractivity contribution in [1.82, 2.24) is 10.1 Å². The number of carbonyl (C=O) groups is 1. The van der Waals surface area contributed by atoms with Gasteiger partial charge in [0.05, 0.1) is 18.4 Å². The van der Waals surface area contributed by atoms with Gasteiger partial charge < -0.3 is 14.0 Å². The molecule has 140 valence electrons. The Hall–Kier alpha value is -2.87. The number of benzene rings is 1. The molecule has 3 rings (SSSR count). The Bertz CT molecular complexity index is 945. The number of ether oxygens (including phenoxy) is 2. The third kappa shape index (κ3) is 4.85. The van der Waals surface area contributed by atoms with Gasteiger partial charge in [-0.1, -0.05) is 23.0 Å². The fourth-order valence-electron chi connectivity index (χ4n) is 2.32. The fraction of sp³-hybridized carbons (Fsp3) is 0.211. The van der Waals surface area contributed by atoms with E-state index in [2.05, 4.69) is 10.1 Å². The van der Waals surface area contributed by atoms with Gasteiger partial charge in [0.15, 0.2) is 11.6 Å². The van der Waals surface area contributed by atoms with Gasteiger partial charge in [0.1, 0.15) is 17.4 Å². The van der Waals surface area contributed by atoms with Gasteiger partial charge in [-0.2, -0.15) is 0 Å². The molecular weight excluding hydrogens is 371 g/mol. The normalized spacial score (nSPS) is 10.6. The predicted molar refractivity (Wildman–Crippen MR) is 97.1 cm³/mol. The highest BCUT2D eigenvalue weighted by Crippen LogP contribution is 2.25. The monoisotopic (exact) mass is 388 g/mol. The van der Waals surface area contributed by atoms with Crippen LogP contribution in [-0.4, -0.2) is 23.2 Å². The molecule has 0 unspecified atom stereocenters. The largest absolute Gasteiger partial charge is 0.494 e. The van der Waals surface area contributed by atoms with E-state index in [0.29, 0.717) is 21.9 Å². The van der Waals surface area contributed by atoms with Crippen molar-refractivity contribution >= 4 is 17.7 Å². The van der Waals surface area contributed by atoms with E-state index in [0.717, 1.165) is 11.5 Å². The maximum Gasteiger partial charge on any atom is 0.341 e. The van der Waals surface area contributed by atoms with Crippen LogP contribution < -0.4 is 4.74 Å². The van der Waals surface area contributed by atoms with Crippen molar-refractivity contribution < 1.29 is 23.2 Å². The summed E-state index contributed by atoms with van der Waals surface area (Å²) in [6.45, 7) is 1.76. The van der Waals surface area contributed by atoms with Crippen LogP contribution in [0.25, 0.3) is 0 Å². The van der Waals surface area contributed by atoms with Crippen LogP contribution in [0.3, 0.4) is 0 Å². The Balaban J connectivity index is 1.65. The van der Waals surface area contributed by atoms with E-state index < -0.39 is 11.8 Å². The molecule has 0 atom stereocenters. The topological polar surface area (TPSA) is 74.5 Å². The Morgan fingerprint density at radius 2 is 2.15 bits per heavy atom. The summed E-state index contributed by atoms with van der Waals surface area (Å²) < 4.78 is 28.9. The second kappa shape index (κ2) is 8.68. The van der Waals surface area contributed by atoms with Gasteiger partial charge in [-0.3, -0.25) is 0 Å². The number of pyridine rings is 1. The minimum absolute atomic E-state index is 0.0543. The number of thioether (sulfide) groups is 1. The van der Waals surface area contributed by atoms with Gasteiger partial charge in [-0.05, 0) is 36.8 Å². The summed E-state index contributed by atoms with van der Waals surface area (Å²) in [6, 6.07) is 9.53. The highest BCUT2D eigenvalue weighted by Gasteiger charge is 2.15. The van der Waals surface area contributed by atoms with Crippen molar-refractivity contribution in [3.8, 4) is 5.75 Å². The lowest BCUT2D eigenvalue weighted by Gasteiger charge is -2.09. The molecule has 0 fully saturated rings. The first-order valence-corrected chi connectivity index (χ1v) is 9.05. The standard InChI is InChI=1S/C19H17FN2O4S/c1-12-8-14(22-26-12)11-27-18-15(4-3-7-21-18)19(23)25-10-13-5-6-17(24-2)16(20)9-13/h3-9H,10-11H2,1-2H3. The molecule has 0 saturated heterocycles. The third-order valence-corrected chi connectivity index (χ3v) is 4.65. The van der Waals surface area contributed by atoms with Gasteiger partial charge in [0.25, 0.3) is 0 Å². The molecule has 1 aromatic carbocycles. The number of hydrogen-bond acceptors (Lipinski definition) is 7. The molecule has 0 saturated carbocycles. The molecule has 3 aromatic rings. The van der Waals surface area contributed by atoms with Crippen LogP contribution in [0.5, 0.6) is 5.75 Å². The quantitative estimate of drug-likeness (QED) is 0.444. The zero-order chi connectivity index (χ0) is 19.2. The highest BCUT2D eigenvalue weighted by atomic mass is 32.2. The maximum absolute atomic E-state index is 13.7. The molecule has 2 aromatic heterocycles. The Morgan fingerprint density at radius 3 is 2.85 bits per heavy atom. The SMILES string of the molecule is COc1ccc(COC(=O)c2cccnc2SCc2cc(C)on2)cc1F. The summed E-state index contributed by atoms with van der Waals surface area (Å²) in [5, 5.41) is 4.45. The first kappa shape index (κ1) is 18.9. The fourth-order valence-corrected chi connectivity index (χ4v) is 3.18. The molecule has 0 aliphatic heterocycles. The van der Waals surface area contributed by atoms with E-state index in [1.54, 1.807) is 24.4 Å². The zero-order valence-corrected chi connectivity index (χ0v) is 15.6. The third-order valence-electron chi connectivity index (χ3n) is 3.61. The molecule has 0 aliphatic rings. The summed E-state index contributed by atoms with van der Waals surface area (Å²) >= 11 is 1.36. The van der Waals surface area contributed by atoms with E-state index >= 15 is 0 Å². The number of hydrogen-bond donors (Lipinski definition) is 0. The van der Waals surface area contributed by atoms with E-state index in [4.69, 9.17) is 14.0 Å². The van der Waals surface area contributed by atoms with Crippen LogP contribution in [0.4, 0.5) is 4.39 Å². The molecule has 0 spiro atoms. The van der Waals surface area contributed by atoms with Crippen LogP contribution in [-0.2, 0) is 17.1 Å². The van der Waals surface area contributed by atoms with Gasteiger partial charge in [0.2, 0.25) is 0 Å². The van der Waals surface area contributed by atoms with Gasteiger partial charge in [0, 0.05) is 18.0 Å². The van der Waals surface area contributed by atoms with Gasteiger partial charge in [-0.15, -0.1) is 0 Å². The minimum atomic E-state index is -0.529. The lowest BCUT2D eigenvalue weighted by atomic mass is 10.2. The molecule has 0 N–H and O–H groups in total. The summed E-state index contributed by atoms with van der Waals surface area (Å²) in [5.41, 5.74) is 1.63. The maximum atomic E-state index is 13.7. The second-order valence-corrected chi connectivity index (χ2v) is 6.58. The lowest BCUT2D eigenvalue weighted by Crippen LogP contribution is -2.08. The Morgan fingerprint density at radius 1 is 1.30 bits per heavy atom. The molecule has 0 amide bonds. The number of esters is 1. The van der Waals surface area contributed by atoms with Gasteiger partial charge >= 0.3 is 5.97 Å². The molecule has 2 heterocycles. The number of carbonyl (C=O) groups excluding carboxylic acids is 1. The lowest BCUT2D eigenvalue weighted by molar-refractivity contribution is 0.0467. The number of methoxy groups -OCH3 is 1. The average molecular weight is 388 g/mol. The molecular formula is C19H17FN2O4S. The van der Waals surface area contributed by atoms with E-state index in [9.17, 15) is 9.18 Å². The first-order chi connectivity index (χ1) is 13.1. The van der Waals surface area contributed by atoms with Crippen molar-refractivity contribution in [3.05, 3.63) is 71.0 Å². The second-order valence-electron chi connectivity index (χ2n) is 5.62. The molecule has 8 heteroatoms. The highest BCUT2D eigenvalue weighted by molar-refractivity contribution is 7.98. The van der Waals surface area contributed by atoms with E-state index in [-0.39, 0.29) is 12.4 Å². The number of aromatic nitrogens is 2. The smallest absolute Gasteiger partial charge is 0.341 e.